The van der Waals surface area contributed by atoms with Crippen molar-refractivity contribution in [1.29, 1.82) is 0 Å². The minimum atomic E-state index is -1.29. The summed E-state index contributed by atoms with van der Waals surface area (Å²) in [6.45, 7) is 5.15. The van der Waals surface area contributed by atoms with Crippen molar-refractivity contribution < 1.29 is 14.3 Å². The molecule has 1 aliphatic carbocycles. The molecule has 0 radical (unpaired) electrons. The van der Waals surface area contributed by atoms with Crippen LogP contribution in [0.25, 0.3) is 22.0 Å². The van der Waals surface area contributed by atoms with Crippen LogP contribution in [-0.2, 0) is 19.5 Å². The first-order chi connectivity index (χ1) is 23.7. The summed E-state index contributed by atoms with van der Waals surface area (Å²) >= 11 is 0. The lowest BCUT2D eigenvalue weighted by atomic mass is 10.0. The number of aromatic carboxylic acids is 1. The van der Waals surface area contributed by atoms with Crippen LogP contribution in [0.5, 0.6) is 0 Å². The highest BCUT2D eigenvalue weighted by Gasteiger charge is 2.29. The van der Waals surface area contributed by atoms with Crippen LogP contribution in [0.15, 0.2) is 71.8 Å². The average molecular weight is 661 g/mol. The second-order valence-corrected chi connectivity index (χ2v) is 13.3. The lowest BCUT2D eigenvalue weighted by molar-refractivity contribution is 0.0695. The minimum absolute atomic E-state index is 0.118. The number of nitrogen functional groups attached to an aromatic ring is 2. The van der Waals surface area contributed by atoms with Crippen LogP contribution in [0.2, 0.25) is 0 Å². The Labute approximate surface area is 282 Å². The number of carboxylic acid groups (broad SMARTS) is 1. The van der Waals surface area contributed by atoms with Crippen molar-refractivity contribution in [3.8, 4) is 11.1 Å². The number of benzene rings is 3. The molecule has 0 spiro atoms. The van der Waals surface area contributed by atoms with Crippen molar-refractivity contribution in [3.05, 3.63) is 105 Å². The molecule has 5 aromatic rings. The van der Waals surface area contributed by atoms with Crippen molar-refractivity contribution in [2.75, 3.05) is 54.0 Å². The molecule has 3 aromatic carbocycles. The van der Waals surface area contributed by atoms with Crippen LogP contribution in [-0.4, -0.2) is 63.2 Å². The summed E-state index contributed by atoms with van der Waals surface area (Å²) in [7, 11) is 0. The first-order valence-electron chi connectivity index (χ1n) is 16.6. The van der Waals surface area contributed by atoms with Crippen molar-refractivity contribution >= 4 is 40.0 Å². The number of piperazine rings is 1. The number of hydrogen-bond donors (Lipinski definition) is 3. The van der Waals surface area contributed by atoms with Crippen molar-refractivity contribution in [2.45, 2.75) is 38.4 Å². The van der Waals surface area contributed by atoms with E-state index in [1.165, 1.54) is 34.6 Å². The quantitative estimate of drug-likeness (QED) is 0.214. The molecule has 8 rings (SSSR count). The van der Waals surface area contributed by atoms with Crippen molar-refractivity contribution in [1.82, 2.24) is 19.4 Å². The number of fused-ring (bicyclic) bond motifs is 2. The Balaban J connectivity index is 0.916. The van der Waals surface area contributed by atoms with Gasteiger partial charge in [0, 0.05) is 80.9 Å². The first kappa shape index (κ1) is 30.8. The highest BCUT2D eigenvalue weighted by molar-refractivity contribution is 5.93. The van der Waals surface area contributed by atoms with Crippen LogP contribution in [0.1, 0.15) is 45.9 Å². The zero-order chi connectivity index (χ0) is 33.8. The third-order valence-corrected chi connectivity index (χ3v) is 10.0. The summed E-state index contributed by atoms with van der Waals surface area (Å²) in [4.78, 5) is 39.4. The van der Waals surface area contributed by atoms with E-state index in [1.54, 1.807) is 12.3 Å². The van der Waals surface area contributed by atoms with E-state index in [0.29, 0.717) is 36.7 Å². The molecule has 2 fully saturated rings. The van der Waals surface area contributed by atoms with E-state index in [1.807, 2.05) is 9.47 Å². The summed E-state index contributed by atoms with van der Waals surface area (Å²) in [6.07, 6.45) is 5.90. The van der Waals surface area contributed by atoms with Gasteiger partial charge in [0.15, 0.2) is 0 Å². The van der Waals surface area contributed by atoms with E-state index in [0.717, 1.165) is 56.6 Å². The standard InChI is InChI=1S/C37H37FN8O3/c38-30-16-28-32(46(27-6-7-27)21-29(34(28)47)36(48)49)17-33(30)44-13-11-43(12-14-44)19-22-1-3-23(4-2-22)24-5-8-31-25(15-24)9-10-45(31)20-26-18-41-37(40)42-35(26)39/h1-5,8,15-18,21,27H,6-7,9-14,19-20H2,(H,48,49)(H4,39,40,41,42). The summed E-state index contributed by atoms with van der Waals surface area (Å²) in [5.41, 5.74) is 18.7. The first-order valence-corrected chi connectivity index (χ1v) is 16.6. The van der Waals surface area contributed by atoms with E-state index in [9.17, 15) is 14.7 Å². The largest absolute Gasteiger partial charge is 0.477 e. The van der Waals surface area contributed by atoms with E-state index < -0.39 is 17.2 Å². The van der Waals surface area contributed by atoms with Crippen molar-refractivity contribution in [3.63, 3.8) is 0 Å². The lowest BCUT2D eigenvalue weighted by Crippen LogP contribution is -2.46. The van der Waals surface area contributed by atoms with Crippen LogP contribution in [0.4, 0.5) is 27.5 Å². The molecule has 5 N–H and O–H groups in total. The van der Waals surface area contributed by atoms with Gasteiger partial charge in [0.25, 0.3) is 0 Å². The third kappa shape index (κ3) is 5.92. The van der Waals surface area contributed by atoms with Gasteiger partial charge in [-0.15, -0.1) is 0 Å². The molecule has 2 aliphatic heterocycles. The maximum Gasteiger partial charge on any atom is 0.341 e. The fourth-order valence-corrected chi connectivity index (χ4v) is 7.19. The number of anilines is 4. The Kier molecular flexibility index (Phi) is 7.67. The summed E-state index contributed by atoms with van der Waals surface area (Å²) in [6, 6.07) is 18.4. The van der Waals surface area contributed by atoms with E-state index >= 15 is 4.39 Å². The monoisotopic (exact) mass is 660 g/mol. The SMILES string of the molecule is Nc1ncc(CN2CCc3cc(-c4ccc(CN5CCN(c6cc7c(cc6F)c(=O)c(C(=O)O)cn7C6CC6)CC5)cc4)ccc32)c(N)n1. The topological polar surface area (TPSA) is 147 Å². The molecule has 0 atom stereocenters. The molecule has 4 heterocycles. The maximum atomic E-state index is 15.4. The molecule has 1 saturated heterocycles. The zero-order valence-corrected chi connectivity index (χ0v) is 27.0. The summed E-state index contributed by atoms with van der Waals surface area (Å²) < 4.78 is 17.3. The normalized spacial score (nSPS) is 16.3. The van der Waals surface area contributed by atoms with Gasteiger partial charge < -0.3 is 30.9 Å². The number of carboxylic acids is 1. The number of pyridine rings is 1. The van der Waals surface area contributed by atoms with Crippen LogP contribution in [0, 0.1) is 5.82 Å². The molecule has 0 bridgehead atoms. The Hall–Kier alpha value is -5.49. The predicted octanol–water partition coefficient (Wildman–Crippen LogP) is 4.68. The Bertz CT molecular complexity index is 2160. The average Bonchev–Trinajstić information content (AvgIpc) is 3.87. The van der Waals surface area contributed by atoms with Gasteiger partial charge in [-0.3, -0.25) is 9.69 Å². The van der Waals surface area contributed by atoms with Gasteiger partial charge >= 0.3 is 5.97 Å². The molecule has 0 unspecified atom stereocenters. The molecule has 49 heavy (non-hydrogen) atoms. The predicted molar refractivity (Wildman–Crippen MR) is 188 cm³/mol. The Morgan fingerprint density at radius 3 is 2.39 bits per heavy atom. The van der Waals surface area contributed by atoms with Crippen LogP contribution < -0.4 is 26.7 Å². The van der Waals surface area contributed by atoms with E-state index in [4.69, 9.17) is 11.5 Å². The number of nitrogens with two attached hydrogens (primary N) is 2. The smallest absolute Gasteiger partial charge is 0.341 e. The highest BCUT2D eigenvalue weighted by Crippen LogP contribution is 2.38. The van der Waals surface area contributed by atoms with Crippen LogP contribution >= 0.6 is 0 Å². The Morgan fingerprint density at radius 2 is 1.67 bits per heavy atom. The van der Waals surface area contributed by atoms with E-state index in [-0.39, 0.29) is 22.9 Å². The fourth-order valence-electron chi connectivity index (χ4n) is 7.19. The number of carbonyl (C=O) groups is 1. The minimum Gasteiger partial charge on any atom is -0.477 e. The van der Waals surface area contributed by atoms with Gasteiger partial charge in [-0.1, -0.05) is 30.3 Å². The molecule has 3 aliphatic rings. The van der Waals surface area contributed by atoms with Gasteiger partial charge in [0.1, 0.15) is 17.2 Å². The second-order valence-electron chi connectivity index (χ2n) is 13.3. The zero-order valence-electron chi connectivity index (χ0n) is 27.0. The third-order valence-electron chi connectivity index (χ3n) is 10.0. The molecular formula is C37H37FN8O3. The van der Waals surface area contributed by atoms with E-state index in [2.05, 4.69) is 62.2 Å². The number of nitrogens with zero attached hydrogens (tertiary/aromatic N) is 6. The summed E-state index contributed by atoms with van der Waals surface area (Å²) in [5.74, 6) is -1.20. The number of aromatic nitrogens is 3. The maximum absolute atomic E-state index is 15.4. The fraction of sp³-hybridized carbons (Fsp3) is 0.297. The van der Waals surface area contributed by atoms with Gasteiger partial charge in [-0.25, -0.2) is 14.2 Å². The molecule has 2 aromatic heterocycles. The van der Waals surface area contributed by atoms with Gasteiger partial charge in [-0.05, 0) is 65.8 Å². The Morgan fingerprint density at radius 1 is 0.918 bits per heavy atom. The second kappa shape index (κ2) is 12.2. The van der Waals surface area contributed by atoms with Crippen LogP contribution in [0.3, 0.4) is 0 Å². The van der Waals surface area contributed by atoms with Gasteiger partial charge in [-0.2, -0.15) is 4.98 Å². The number of hydrogen-bond acceptors (Lipinski definition) is 9. The highest BCUT2D eigenvalue weighted by atomic mass is 19.1. The lowest BCUT2D eigenvalue weighted by Gasteiger charge is -2.36. The van der Waals surface area contributed by atoms with Gasteiger partial charge in [0.2, 0.25) is 11.4 Å². The molecular weight excluding hydrogens is 623 g/mol. The molecule has 12 heteroatoms. The number of halogens is 1. The molecule has 1 saturated carbocycles. The molecule has 250 valence electrons. The van der Waals surface area contributed by atoms with Crippen molar-refractivity contribution in [2.24, 2.45) is 0 Å². The molecule has 11 nitrogen and oxygen atoms in total. The van der Waals surface area contributed by atoms with Gasteiger partial charge in [0.05, 0.1) is 11.2 Å². The summed E-state index contributed by atoms with van der Waals surface area (Å²) in [5, 5.41) is 9.65. The number of rotatable bonds is 8. The molecule has 0 amide bonds.